The highest BCUT2D eigenvalue weighted by Gasteiger charge is 2.14. The van der Waals surface area contributed by atoms with E-state index in [2.05, 4.69) is 10.3 Å². The van der Waals surface area contributed by atoms with Gasteiger partial charge in [-0.3, -0.25) is 9.78 Å². The van der Waals surface area contributed by atoms with E-state index in [0.29, 0.717) is 12.1 Å². The summed E-state index contributed by atoms with van der Waals surface area (Å²) in [4.78, 5) is 16.7. The first kappa shape index (κ1) is 15.1. The van der Waals surface area contributed by atoms with Crippen molar-refractivity contribution in [3.63, 3.8) is 0 Å². The van der Waals surface area contributed by atoms with Crippen molar-refractivity contribution < 1.29 is 9.90 Å². The van der Waals surface area contributed by atoms with Crippen molar-refractivity contribution in [3.05, 3.63) is 84.1 Å². The molecule has 3 aromatic carbocycles. The number of nitrogens with one attached hydrogen (secondary N) is 1. The van der Waals surface area contributed by atoms with Crippen LogP contribution in [0.5, 0.6) is 5.75 Å². The molecule has 1 aromatic heterocycles. The standard InChI is InChI=1S/C21H16N2O2/c24-20-18(11-10-15-8-4-12-22-19(15)20)21(25)23-13-16-7-3-6-14-5-1-2-9-17(14)16/h1-12,24H,13H2,(H,23,25). The van der Waals surface area contributed by atoms with Crippen molar-refractivity contribution in [2.75, 3.05) is 0 Å². The van der Waals surface area contributed by atoms with Gasteiger partial charge in [0.2, 0.25) is 0 Å². The van der Waals surface area contributed by atoms with E-state index >= 15 is 0 Å². The molecule has 2 N–H and O–H groups in total. The van der Waals surface area contributed by atoms with E-state index in [0.717, 1.165) is 21.7 Å². The molecule has 0 spiro atoms. The summed E-state index contributed by atoms with van der Waals surface area (Å²) in [6, 6.07) is 21.1. The number of benzene rings is 3. The number of carbonyl (C=O) groups excluding carboxylic acids is 1. The molecule has 0 radical (unpaired) electrons. The Bertz CT molecular complexity index is 1080. The number of amides is 1. The molecule has 4 nitrogen and oxygen atoms in total. The average Bonchev–Trinajstić information content (AvgIpc) is 2.66. The smallest absolute Gasteiger partial charge is 0.255 e. The van der Waals surface area contributed by atoms with Gasteiger partial charge in [0.05, 0.1) is 5.56 Å². The molecule has 4 rings (SSSR count). The number of hydrogen-bond donors (Lipinski definition) is 2. The predicted octanol–water partition coefficient (Wildman–Crippen LogP) is 4.02. The van der Waals surface area contributed by atoms with Crippen LogP contribution in [0, 0.1) is 0 Å². The van der Waals surface area contributed by atoms with E-state index in [9.17, 15) is 9.90 Å². The Kier molecular flexibility index (Phi) is 3.78. The molecule has 0 atom stereocenters. The van der Waals surface area contributed by atoms with E-state index in [-0.39, 0.29) is 17.2 Å². The van der Waals surface area contributed by atoms with E-state index < -0.39 is 0 Å². The number of hydrogen-bond acceptors (Lipinski definition) is 3. The maximum absolute atomic E-state index is 12.5. The zero-order chi connectivity index (χ0) is 17.2. The Morgan fingerprint density at radius 2 is 1.72 bits per heavy atom. The summed E-state index contributed by atoms with van der Waals surface area (Å²) in [5, 5.41) is 16.3. The molecule has 4 heteroatoms. The van der Waals surface area contributed by atoms with Crippen molar-refractivity contribution in [2.45, 2.75) is 6.54 Å². The molecule has 122 valence electrons. The normalized spacial score (nSPS) is 10.9. The number of pyridine rings is 1. The van der Waals surface area contributed by atoms with Crippen LogP contribution in [0.2, 0.25) is 0 Å². The van der Waals surface area contributed by atoms with Crippen LogP contribution in [0.1, 0.15) is 15.9 Å². The van der Waals surface area contributed by atoms with Crippen LogP contribution in [0.3, 0.4) is 0 Å². The van der Waals surface area contributed by atoms with Gasteiger partial charge in [0.15, 0.2) is 5.75 Å². The largest absolute Gasteiger partial charge is 0.505 e. The van der Waals surface area contributed by atoms with Crippen LogP contribution in [0.15, 0.2) is 72.9 Å². The third-order valence-corrected chi connectivity index (χ3v) is 4.31. The molecule has 25 heavy (non-hydrogen) atoms. The average molecular weight is 328 g/mol. The lowest BCUT2D eigenvalue weighted by atomic mass is 10.0. The summed E-state index contributed by atoms with van der Waals surface area (Å²) in [5.41, 5.74) is 1.69. The monoisotopic (exact) mass is 328 g/mol. The van der Waals surface area contributed by atoms with E-state index in [1.165, 1.54) is 0 Å². The highest BCUT2D eigenvalue weighted by Crippen LogP contribution is 2.27. The first-order chi connectivity index (χ1) is 12.2. The first-order valence-corrected chi connectivity index (χ1v) is 8.05. The van der Waals surface area contributed by atoms with Gasteiger partial charge in [0.25, 0.3) is 5.91 Å². The fraction of sp³-hybridized carbons (Fsp3) is 0.0476. The van der Waals surface area contributed by atoms with E-state index in [1.807, 2.05) is 48.5 Å². The van der Waals surface area contributed by atoms with E-state index in [4.69, 9.17) is 0 Å². The number of nitrogens with zero attached hydrogens (tertiary/aromatic N) is 1. The van der Waals surface area contributed by atoms with Crippen molar-refractivity contribution in [1.29, 1.82) is 0 Å². The highest BCUT2D eigenvalue weighted by atomic mass is 16.3. The quantitative estimate of drug-likeness (QED) is 0.597. The topological polar surface area (TPSA) is 62.2 Å². The van der Waals surface area contributed by atoms with Gasteiger partial charge in [0, 0.05) is 18.1 Å². The SMILES string of the molecule is O=C(NCc1cccc2ccccc12)c1ccc2cccnc2c1O. The van der Waals surface area contributed by atoms with Gasteiger partial charge >= 0.3 is 0 Å². The van der Waals surface area contributed by atoms with Gasteiger partial charge < -0.3 is 10.4 Å². The molecule has 0 saturated heterocycles. The van der Waals surface area contributed by atoms with Crippen molar-refractivity contribution in [2.24, 2.45) is 0 Å². The van der Waals surface area contributed by atoms with Crippen LogP contribution in [0.25, 0.3) is 21.7 Å². The maximum atomic E-state index is 12.5. The number of aromatic nitrogens is 1. The number of phenolic OH excluding ortho intramolecular Hbond substituents is 1. The minimum absolute atomic E-state index is 0.0893. The Morgan fingerprint density at radius 3 is 2.64 bits per heavy atom. The lowest BCUT2D eigenvalue weighted by molar-refractivity contribution is 0.0948. The molecule has 0 aliphatic rings. The molecule has 1 heterocycles. The van der Waals surface area contributed by atoms with Crippen LogP contribution in [0.4, 0.5) is 0 Å². The second-order valence-corrected chi connectivity index (χ2v) is 5.86. The van der Waals surface area contributed by atoms with Gasteiger partial charge in [-0.2, -0.15) is 0 Å². The lowest BCUT2D eigenvalue weighted by Crippen LogP contribution is -2.23. The van der Waals surface area contributed by atoms with Crippen LogP contribution in [-0.4, -0.2) is 16.0 Å². The van der Waals surface area contributed by atoms with Gasteiger partial charge in [-0.15, -0.1) is 0 Å². The number of aromatic hydroxyl groups is 1. The van der Waals surface area contributed by atoms with Crippen molar-refractivity contribution in [1.82, 2.24) is 10.3 Å². The number of rotatable bonds is 3. The Balaban J connectivity index is 1.61. The molecule has 0 fully saturated rings. The van der Waals surface area contributed by atoms with Crippen molar-refractivity contribution in [3.8, 4) is 5.75 Å². The molecule has 0 unspecified atom stereocenters. The molecule has 0 bridgehead atoms. The van der Waals surface area contributed by atoms with Crippen LogP contribution >= 0.6 is 0 Å². The number of carbonyl (C=O) groups is 1. The Morgan fingerprint density at radius 1 is 0.920 bits per heavy atom. The fourth-order valence-corrected chi connectivity index (χ4v) is 3.03. The second kappa shape index (κ2) is 6.24. The summed E-state index contributed by atoms with van der Waals surface area (Å²) in [6.07, 6.45) is 1.60. The van der Waals surface area contributed by atoms with Crippen LogP contribution in [-0.2, 0) is 6.54 Å². The molecular weight excluding hydrogens is 312 g/mol. The summed E-state index contributed by atoms with van der Waals surface area (Å²) in [6.45, 7) is 0.389. The Hall–Kier alpha value is -3.40. The van der Waals surface area contributed by atoms with Gasteiger partial charge in [-0.25, -0.2) is 0 Å². The summed E-state index contributed by atoms with van der Waals surface area (Å²) in [5.74, 6) is -0.411. The first-order valence-electron chi connectivity index (χ1n) is 8.05. The van der Waals surface area contributed by atoms with Crippen LogP contribution < -0.4 is 5.32 Å². The summed E-state index contributed by atoms with van der Waals surface area (Å²) < 4.78 is 0. The summed E-state index contributed by atoms with van der Waals surface area (Å²) >= 11 is 0. The third kappa shape index (κ3) is 2.78. The highest BCUT2D eigenvalue weighted by molar-refractivity contribution is 6.02. The lowest BCUT2D eigenvalue weighted by Gasteiger charge is -2.10. The van der Waals surface area contributed by atoms with Crippen molar-refractivity contribution >= 4 is 27.6 Å². The minimum Gasteiger partial charge on any atom is -0.505 e. The maximum Gasteiger partial charge on any atom is 0.255 e. The molecule has 0 aliphatic carbocycles. The zero-order valence-electron chi connectivity index (χ0n) is 13.4. The van der Waals surface area contributed by atoms with Gasteiger partial charge in [-0.05, 0) is 28.5 Å². The molecule has 4 aromatic rings. The van der Waals surface area contributed by atoms with E-state index in [1.54, 1.807) is 24.4 Å². The summed E-state index contributed by atoms with van der Waals surface area (Å²) in [7, 11) is 0. The third-order valence-electron chi connectivity index (χ3n) is 4.31. The molecule has 0 saturated carbocycles. The molecule has 1 amide bonds. The van der Waals surface area contributed by atoms with Gasteiger partial charge in [-0.1, -0.05) is 54.6 Å². The number of phenols is 1. The number of fused-ring (bicyclic) bond motifs is 2. The fourth-order valence-electron chi connectivity index (χ4n) is 3.03. The Labute approximate surface area is 144 Å². The second-order valence-electron chi connectivity index (χ2n) is 5.86. The predicted molar refractivity (Wildman–Crippen MR) is 98.5 cm³/mol. The van der Waals surface area contributed by atoms with Gasteiger partial charge in [0.1, 0.15) is 5.52 Å². The molecule has 0 aliphatic heterocycles. The molecular formula is C21H16N2O2. The zero-order valence-corrected chi connectivity index (χ0v) is 13.4. The minimum atomic E-state index is -0.321.